The summed E-state index contributed by atoms with van der Waals surface area (Å²) in [7, 11) is 0. The van der Waals surface area contributed by atoms with Crippen molar-refractivity contribution < 1.29 is 19.4 Å². The van der Waals surface area contributed by atoms with Gasteiger partial charge in [-0.25, -0.2) is 0 Å². The molecule has 1 N–H and O–H groups in total. The van der Waals surface area contributed by atoms with Crippen LogP contribution < -0.4 is 4.74 Å². The van der Waals surface area contributed by atoms with E-state index < -0.39 is 11.9 Å². The average Bonchev–Trinajstić information content (AvgIpc) is 3.13. The van der Waals surface area contributed by atoms with E-state index >= 15 is 0 Å². The lowest BCUT2D eigenvalue weighted by atomic mass is 9.97. The predicted octanol–water partition coefficient (Wildman–Crippen LogP) is 3.26. The van der Waals surface area contributed by atoms with Gasteiger partial charge in [0.15, 0.2) is 0 Å². The fourth-order valence-corrected chi connectivity index (χ4v) is 3.79. The van der Waals surface area contributed by atoms with Crippen LogP contribution in [0.25, 0.3) is 0 Å². The molecule has 1 atom stereocenters. The number of piperidine rings is 1. The molecule has 0 spiro atoms. The summed E-state index contributed by atoms with van der Waals surface area (Å²) in [6.45, 7) is 1.02. The van der Waals surface area contributed by atoms with E-state index in [1.807, 2.05) is 24.3 Å². The fraction of sp³-hybridized carbons (Fsp3) is 0.600. The summed E-state index contributed by atoms with van der Waals surface area (Å²) in [6, 6.07) is 8.00. The highest BCUT2D eigenvalue weighted by atomic mass is 16.5. The van der Waals surface area contributed by atoms with Gasteiger partial charge < -0.3 is 14.7 Å². The Hall–Kier alpha value is -2.04. The minimum absolute atomic E-state index is 0.0491. The number of hydrogen-bond acceptors (Lipinski definition) is 3. The Labute approximate surface area is 149 Å². The second-order valence-electron chi connectivity index (χ2n) is 7.19. The van der Waals surface area contributed by atoms with E-state index in [4.69, 9.17) is 9.84 Å². The van der Waals surface area contributed by atoms with Crippen LogP contribution in [0.5, 0.6) is 5.75 Å². The third kappa shape index (κ3) is 4.97. The van der Waals surface area contributed by atoms with E-state index in [0.29, 0.717) is 38.5 Å². The first kappa shape index (κ1) is 17.8. The third-order valence-corrected chi connectivity index (χ3v) is 5.25. The number of likely N-dealkylation sites (tertiary alicyclic amines) is 1. The number of rotatable bonds is 6. The fourth-order valence-electron chi connectivity index (χ4n) is 3.79. The number of carbonyl (C=O) groups is 2. The predicted molar refractivity (Wildman–Crippen MR) is 94.6 cm³/mol. The van der Waals surface area contributed by atoms with Crippen molar-refractivity contribution in [3.8, 4) is 5.75 Å². The lowest BCUT2D eigenvalue weighted by Crippen LogP contribution is -2.42. The van der Waals surface area contributed by atoms with Gasteiger partial charge in [0.05, 0.1) is 12.0 Å². The molecule has 1 heterocycles. The molecular weight excluding hydrogens is 318 g/mol. The molecule has 1 amide bonds. The molecule has 1 aliphatic carbocycles. The average molecular weight is 345 g/mol. The van der Waals surface area contributed by atoms with Gasteiger partial charge in [-0.2, -0.15) is 0 Å². The van der Waals surface area contributed by atoms with Crippen LogP contribution in [-0.2, 0) is 16.0 Å². The number of aryl methyl sites for hydroxylation is 1. The molecule has 5 nitrogen and oxygen atoms in total. The molecule has 3 rings (SSSR count). The highest BCUT2D eigenvalue weighted by Gasteiger charge is 2.27. The normalized spacial score (nSPS) is 21.3. The summed E-state index contributed by atoms with van der Waals surface area (Å²) in [4.78, 5) is 25.2. The number of amides is 1. The summed E-state index contributed by atoms with van der Waals surface area (Å²) in [6.07, 6.45) is 7.59. The molecule has 1 saturated carbocycles. The van der Waals surface area contributed by atoms with Crippen LogP contribution in [-0.4, -0.2) is 41.1 Å². The van der Waals surface area contributed by atoms with Crippen LogP contribution >= 0.6 is 0 Å². The zero-order chi connectivity index (χ0) is 17.6. The van der Waals surface area contributed by atoms with Gasteiger partial charge in [-0.1, -0.05) is 12.1 Å². The molecule has 0 radical (unpaired) electrons. The second kappa shape index (κ2) is 8.37. The van der Waals surface area contributed by atoms with Gasteiger partial charge in [0.25, 0.3) is 0 Å². The Kier molecular flexibility index (Phi) is 5.95. The second-order valence-corrected chi connectivity index (χ2v) is 7.19. The Morgan fingerprint density at radius 1 is 1.16 bits per heavy atom. The van der Waals surface area contributed by atoms with E-state index in [1.165, 1.54) is 12.8 Å². The van der Waals surface area contributed by atoms with Crippen molar-refractivity contribution >= 4 is 11.9 Å². The van der Waals surface area contributed by atoms with Crippen LogP contribution in [0.3, 0.4) is 0 Å². The summed E-state index contributed by atoms with van der Waals surface area (Å²) in [5.41, 5.74) is 1.09. The van der Waals surface area contributed by atoms with Gasteiger partial charge in [0.1, 0.15) is 5.75 Å². The maximum absolute atomic E-state index is 12.4. The number of hydrogen-bond donors (Lipinski definition) is 1. The van der Waals surface area contributed by atoms with Crippen molar-refractivity contribution in [1.82, 2.24) is 4.90 Å². The summed E-state index contributed by atoms with van der Waals surface area (Å²) in [5, 5.41) is 9.14. The van der Waals surface area contributed by atoms with Gasteiger partial charge in [-0.3, -0.25) is 9.59 Å². The lowest BCUT2D eigenvalue weighted by molar-refractivity contribution is -0.145. The topological polar surface area (TPSA) is 66.8 Å². The smallest absolute Gasteiger partial charge is 0.308 e. The van der Waals surface area contributed by atoms with E-state index in [0.717, 1.165) is 30.6 Å². The van der Waals surface area contributed by atoms with Crippen LogP contribution in [0.15, 0.2) is 24.3 Å². The van der Waals surface area contributed by atoms with E-state index in [1.54, 1.807) is 4.90 Å². The van der Waals surface area contributed by atoms with Gasteiger partial charge in [-0.15, -0.1) is 0 Å². The van der Waals surface area contributed by atoms with Crippen molar-refractivity contribution in [2.45, 2.75) is 57.5 Å². The lowest BCUT2D eigenvalue weighted by Gasteiger charge is -2.30. The molecule has 0 aromatic heterocycles. The minimum atomic E-state index is -0.797. The zero-order valence-corrected chi connectivity index (χ0v) is 14.7. The summed E-state index contributed by atoms with van der Waals surface area (Å²) >= 11 is 0. The number of nitrogens with zero attached hydrogens (tertiary/aromatic N) is 1. The number of carboxylic acids is 1. The molecule has 136 valence electrons. The molecule has 1 unspecified atom stereocenters. The third-order valence-electron chi connectivity index (χ3n) is 5.25. The first-order chi connectivity index (χ1) is 12.1. The van der Waals surface area contributed by atoms with Gasteiger partial charge in [0, 0.05) is 19.5 Å². The van der Waals surface area contributed by atoms with E-state index in [-0.39, 0.29) is 5.91 Å². The molecule has 2 fully saturated rings. The SMILES string of the molecule is O=C(O)C1CCCN(C(=O)CCc2cccc(OC3CCCC3)c2)C1. The van der Waals surface area contributed by atoms with Crippen LogP contribution in [0, 0.1) is 5.92 Å². The summed E-state index contributed by atoms with van der Waals surface area (Å²) in [5.74, 6) is -0.274. The first-order valence-corrected chi connectivity index (χ1v) is 9.38. The molecule has 0 bridgehead atoms. The molecule has 5 heteroatoms. The largest absolute Gasteiger partial charge is 0.490 e. The Balaban J connectivity index is 1.50. The highest BCUT2D eigenvalue weighted by molar-refractivity contribution is 5.78. The molecule has 1 aromatic carbocycles. The van der Waals surface area contributed by atoms with Crippen molar-refractivity contribution in [3.63, 3.8) is 0 Å². The van der Waals surface area contributed by atoms with Crippen LogP contribution in [0.1, 0.15) is 50.5 Å². The zero-order valence-electron chi connectivity index (χ0n) is 14.7. The summed E-state index contributed by atoms with van der Waals surface area (Å²) < 4.78 is 6.02. The molecule has 1 aromatic rings. The maximum atomic E-state index is 12.4. The van der Waals surface area contributed by atoms with E-state index in [2.05, 4.69) is 0 Å². The van der Waals surface area contributed by atoms with E-state index in [9.17, 15) is 9.59 Å². The Morgan fingerprint density at radius 2 is 1.96 bits per heavy atom. The van der Waals surface area contributed by atoms with Crippen molar-refractivity contribution in [2.24, 2.45) is 5.92 Å². The first-order valence-electron chi connectivity index (χ1n) is 9.38. The number of aliphatic carboxylic acids is 1. The highest BCUT2D eigenvalue weighted by Crippen LogP contribution is 2.25. The molecular formula is C20H27NO4. The van der Waals surface area contributed by atoms with Crippen LogP contribution in [0.4, 0.5) is 0 Å². The van der Waals surface area contributed by atoms with Crippen molar-refractivity contribution in [1.29, 1.82) is 0 Å². The molecule has 1 aliphatic heterocycles. The van der Waals surface area contributed by atoms with Gasteiger partial charge in [-0.05, 0) is 62.6 Å². The number of carbonyl (C=O) groups excluding carboxylic acids is 1. The molecule has 2 aliphatic rings. The van der Waals surface area contributed by atoms with Gasteiger partial charge in [0.2, 0.25) is 5.91 Å². The van der Waals surface area contributed by atoms with Crippen molar-refractivity contribution in [2.75, 3.05) is 13.1 Å². The molecule has 1 saturated heterocycles. The quantitative estimate of drug-likeness (QED) is 0.859. The minimum Gasteiger partial charge on any atom is -0.490 e. The van der Waals surface area contributed by atoms with Gasteiger partial charge >= 0.3 is 5.97 Å². The van der Waals surface area contributed by atoms with Crippen LogP contribution in [0.2, 0.25) is 0 Å². The number of benzene rings is 1. The standard InChI is InChI=1S/C20H27NO4/c22-19(21-12-4-6-16(14-21)20(23)24)11-10-15-5-3-9-18(13-15)25-17-7-1-2-8-17/h3,5,9,13,16-17H,1-2,4,6-8,10-12,14H2,(H,23,24). The number of ether oxygens (including phenoxy) is 1. The maximum Gasteiger partial charge on any atom is 0.308 e. The monoisotopic (exact) mass is 345 g/mol. The number of carboxylic acid groups (broad SMARTS) is 1. The van der Waals surface area contributed by atoms with Crippen molar-refractivity contribution in [3.05, 3.63) is 29.8 Å². The molecule has 25 heavy (non-hydrogen) atoms. The Bertz CT molecular complexity index is 609. The Morgan fingerprint density at radius 3 is 2.72 bits per heavy atom.